The first-order valence-corrected chi connectivity index (χ1v) is 5.81. The Morgan fingerprint density at radius 2 is 2.19 bits per heavy atom. The Bertz CT molecular complexity index is 220. The Labute approximate surface area is 96.8 Å². The predicted octanol–water partition coefficient (Wildman–Crippen LogP) is 1.58. The predicted molar refractivity (Wildman–Crippen MR) is 61.0 cm³/mol. The van der Waals surface area contributed by atoms with E-state index in [1.54, 1.807) is 0 Å². The van der Waals surface area contributed by atoms with Gasteiger partial charge in [-0.15, -0.1) is 0 Å². The molecule has 0 aromatic rings. The molecule has 5 nitrogen and oxygen atoms in total. The number of hydroxylamine groups is 1. The van der Waals surface area contributed by atoms with E-state index < -0.39 is 11.7 Å². The van der Waals surface area contributed by atoms with Gasteiger partial charge >= 0.3 is 6.09 Å². The smallest absolute Gasteiger partial charge is 0.431 e. The maximum absolute atomic E-state index is 11.2. The summed E-state index contributed by atoms with van der Waals surface area (Å²) in [4.78, 5) is 16.3. The van der Waals surface area contributed by atoms with E-state index >= 15 is 0 Å². The molecule has 0 saturated carbocycles. The van der Waals surface area contributed by atoms with E-state index in [4.69, 9.17) is 9.57 Å². The molecule has 1 aliphatic heterocycles. The molecule has 1 amide bonds. The van der Waals surface area contributed by atoms with Crippen LogP contribution < -0.4 is 10.8 Å². The van der Waals surface area contributed by atoms with E-state index in [9.17, 15) is 4.79 Å². The summed E-state index contributed by atoms with van der Waals surface area (Å²) < 4.78 is 5.03. The van der Waals surface area contributed by atoms with Crippen LogP contribution >= 0.6 is 0 Å². The van der Waals surface area contributed by atoms with E-state index in [1.807, 2.05) is 20.8 Å². The second-order valence-corrected chi connectivity index (χ2v) is 5.06. The minimum absolute atomic E-state index is 0.337. The molecule has 1 heterocycles. The molecule has 0 aromatic heterocycles. The van der Waals surface area contributed by atoms with Crippen LogP contribution in [0.4, 0.5) is 4.79 Å². The molecule has 1 atom stereocenters. The van der Waals surface area contributed by atoms with E-state index in [0.29, 0.717) is 12.6 Å². The van der Waals surface area contributed by atoms with E-state index in [1.165, 1.54) is 12.8 Å². The minimum Gasteiger partial charge on any atom is -0.442 e. The van der Waals surface area contributed by atoms with Gasteiger partial charge in [-0.05, 0) is 40.2 Å². The number of hydrogen-bond acceptors (Lipinski definition) is 4. The van der Waals surface area contributed by atoms with Gasteiger partial charge in [-0.3, -0.25) is 4.84 Å². The third kappa shape index (κ3) is 5.92. The van der Waals surface area contributed by atoms with Crippen LogP contribution in [0, 0.1) is 0 Å². The van der Waals surface area contributed by atoms with E-state index in [2.05, 4.69) is 10.8 Å². The van der Waals surface area contributed by atoms with Crippen molar-refractivity contribution in [1.29, 1.82) is 0 Å². The van der Waals surface area contributed by atoms with Gasteiger partial charge in [0.05, 0.1) is 6.61 Å². The molecule has 0 spiro atoms. The number of hydrogen-bond donors (Lipinski definition) is 2. The maximum atomic E-state index is 11.2. The molecule has 0 aliphatic carbocycles. The summed E-state index contributed by atoms with van der Waals surface area (Å²) in [5.41, 5.74) is 1.80. The number of carbonyl (C=O) groups is 1. The number of ether oxygens (including phenoxy) is 1. The summed E-state index contributed by atoms with van der Waals surface area (Å²) in [7, 11) is 0. The van der Waals surface area contributed by atoms with Gasteiger partial charge in [0.25, 0.3) is 0 Å². The Hall–Kier alpha value is -0.810. The summed E-state index contributed by atoms with van der Waals surface area (Å²) in [6.45, 7) is 6.96. The monoisotopic (exact) mass is 230 g/mol. The fourth-order valence-corrected chi connectivity index (χ4v) is 1.57. The van der Waals surface area contributed by atoms with Crippen LogP contribution in [-0.4, -0.2) is 30.9 Å². The summed E-state index contributed by atoms with van der Waals surface area (Å²) in [5, 5.41) is 3.32. The third-order valence-electron chi connectivity index (χ3n) is 2.25. The van der Waals surface area contributed by atoms with E-state index in [-0.39, 0.29) is 0 Å². The highest BCUT2D eigenvalue weighted by molar-refractivity contribution is 5.66. The molecular weight excluding hydrogens is 208 g/mol. The van der Waals surface area contributed by atoms with Gasteiger partial charge in [-0.1, -0.05) is 6.42 Å². The first-order chi connectivity index (χ1) is 7.47. The second-order valence-electron chi connectivity index (χ2n) is 5.06. The van der Waals surface area contributed by atoms with Crippen LogP contribution in [-0.2, 0) is 9.57 Å². The molecule has 2 N–H and O–H groups in total. The highest BCUT2D eigenvalue weighted by atomic mass is 16.7. The summed E-state index contributed by atoms with van der Waals surface area (Å²) >= 11 is 0. The lowest BCUT2D eigenvalue weighted by atomic mass is 10.1. The van der Waals surface area contributed by atoms with E-state index in [0.717, 1.165) is 13.0 Å². The SMILES string of the molecule is CC(C)(C)OC(=O)NOCC1CCCCN1. The Kier molecular flexibility index (Phi) is 5.02. The van der Waals surface area contributed by atoms with Gasteiger partial charge in [-0.2, -0.15) is 5.48 Å². The van der Waals surface area contributed by atoms with Gasteiger partial charge in [0.2, 0.25) is 0 Å². The molecule has 16 heavy (non-hydrogen) atoms. The maximum Gasteiger partial charge on any atom is 0.431 e. The van der Waals surface area contributed by atoms with Crippen molar-refractivity contribution in [1.82, 2.24) is 10.8 Å². The van der Waals surface area contributed by atoms with Crippen LogP contribution in [0.5, 0.6) is 0 Å². The van der Waals surface area contributed by atoms with Gasteiger partial charge in [-0.25, -0.2) is 4.79 Å². The van der Waals surface area contributed by atoms with Crippen LogP contribution in [0.1, 0.15) is 40.0 Å². The van der Waals surface area contributed by atoms with Crippen molar-refractivity contribution in [3.8, 4) is 0 Å². The number of amides is 1. The zero-order valence-corrected chi connectivity index (χ0v) is 10.3. The molecule has 1 unspecified atom stereocenters. The van der Waals surface area contributed by atoms with Gasteiger partial charge in [0, 0.05) is 6.04 Å². The first-order valence-electron chi connectivity index (χ1n) is 5.81. The second kappa shape index (κ2) is 6.06. The lowest BCUT2D eigenvalue weighted by Gasteiger charge is -2.23. The van der Waals surface area contributed by atoms with Crippen LogP contribution in [0.25, 0.3) is 0 Å². The molecule has 94 valence electrons. The van der Waals surface area contributed by atoms with Crippen molar-refractivity contribution >= 4 is 6.09 Å². The molecule has 1 rings (SSSR count). The number of rotatable bonds is 3. The zero-order valence-electron chi connectivity index (χ0n) is 10.3. The quantitative estimate of drug-likeness (QED) is 0.723. The molecule has 0 aromatic carbocycles. The van der Waals surface area contributed by atoms with Crippen LogP contribution in [0.2, 0.25) is 0 Å². The molecule has 1 aliphatic rings. The number of piperidine rings is 1. The van der Waals surface area contributed by atoms with Gasteiger partial charge in [0.1, 0.15) is 5.60 Å². The van der Waals surface area contributed by atoms with Crippen molar-refractivity contribution in [3.05, 3.63) is 0 Å². The molecule has 1 fully saturated rings. The molecule has 5 heteroatoms. The molecular formula is C11H22N2O3. The van der Waals surface area contributed by atoms with Crippen molar-refractivity contribution in [2.24, 2.45) is 0 Å². The van der Waals surface area contributed by atoms with Crippen molar-refractivity contribution < 1.29 is 14.4 Å². The highest BCUT2D eigenvalue weighted by Crippen LogP contribution is 2.08. The lowest BCUT2D eigenvalue weighted by Crippen LogP contribution is -2.41. The van der Waals surface area contributed by atoms with Crippen LogP contribution in [0.15, 0.2) is 0 Å². The standard InChI is InChI=1S/C11H22N2O3/c1-11(2,3)16-10(14)13-15-8-9-6-4-5-7-12-9/h9,12H,4-8H2,1-3H3,(H,13,14). The Morgan fingerprint density at radius 3 is 2.75 bits per heavy atom. The molecule has 1 saturated heterocycles. The van der Waals surface area contributed by atoms with Crippen molar-refractivity contribution in [2.45, 2.75) is 51.7 Å². The Balaban J connectivity index is 2.08. The minimum atomic E-state index is -0.539. The lowest BCUT2D eigenvalue weighted by molar-refractivity contribution is -0.0150. The highest BCUT2D eigenvalue weighted by Gasteiger charge is 2.17. The zero-order chi connectivity index (χ0) is 12.0. The fourth-order valence-electron chi connectivity index (χ4n) is 1.57. The van der Waals surface area contributed by atoms with Gasteiger partial charge < -0.3 is 10.1 Å². The molecule has 0 bridgehead atoms. The van der Waals surface area contributed by atoms with Gasteiger partial charge in [0.15, 0.2) is 0 Å². The Morgan fingerprint density at radius 1 is 1.44 bits per heavy atom. The largest absolute Gasteiger partial charge is 0.442 e. The number of nitrogens with one attached hydrogen (secondary N) is 2. The average molecular weight is 230 g/mol. The number of carbonyl (C=O) groups excluding carboxylic acids is 1. The fraction of sp³-hybridized carbons (Fsp3) is 0.909. The third-order valence-corrected chi connectivity index (χ3v) is 2.25. The topological polar surface area (TPSA) is 59.6 Å². The van der Waals surface area contributed by atoms with Crippen molar-refractivity contribution in [2.75, 3.05) is 13.2 Å². The molecule has 0 radical (unpaired) electrons. The summed E-state index contributed by atoms with van der Waals surface area (Å²) in [5.74, 6) is 0. The first kappa shape index (κ1) is 13.3. The normalized spacial score (nSPS) is 21.6. The summed E-state index contributed by atoms with van der Waals surface area (Å²) in [6.07, 6.45) is 2.99. The van der Waals surface area contributed by atoms with Crippen molar-refractivity contribution in [3.63, 3.8) is 0 Å². The van der Waals surface area contributed by atoms with Crippen LogP contribution in [0.3, 0.4) is 0 Å². The summed E-state index contributed by atoms with van der Waals surface area (Å²) in [6, 6.07) is 0.337. The average Bonchev–Trinajstić information content (AvgIpc) is 2.16.